The number of aryl methyl sites for hydroxylation is 1. The van der Waals surface area contributed by atoms with Crippen molar-refractivity contribution in [2.24, 2.45) is 0 Å². The predicted octanol–water partition coefficient (Wildman–Crippen LogP) is 4.19. The summed E-state index contributed by atoms with van der Waals surface area (Å²) in [4.78, 5) is 0.261. The topological polar surface area (TPSA) is 60.3 Å². The molecule has 0 fully saturated rings. The van der Waals surface area contributed by atoms with Crippen LogP contribution in [0.15, 0.2) is 65.7 Å². The molecule has 0 aliphatic heterocycles. The summed E-state index contributed by atoms with van der Waals surface area (Å²) < 4.78 is 35.2. The molecule has 1 N–H and O–H groups in total. The molecule has 6 heteroatoms. The van der Waals surface area contributed by atoms with Gasteiger partial charge in [0, 0.05) is 24.8 Å². The smallest absolute Gasteiger partial charge is 0.240 e. The molecule has 0 amide bonds. The van der Waals surface area contributed by atoms with Gasteiger partial charge in [0.1, 0.15) is 5.75 Å². The summed E-state index contributed by atoms with van der Waals surface area (Å²) in [5.74, 6) is 0.696. The van der Waals surface area contributed by atoms with Gasteiger partial charge in [-0.25, -0.2) is 13.1 Å². The minimum Gasteiger partial charge on any atom is -0.494 e. The number of sulfonamides is 1. The Labute approximate surface area is 161 Å². The van der Waals surface area contributed by atoms with E-state index in [2.05, 4.69) is 34.4 Å². The van der Waals surface area contributed by atoms with Crippen molar-refractivity contribution in [3.05, 3.63) is 60.8 Å². The van der Waals surface area contributed by atoms with Crippen molar-refractivity contribution >= 4 is 20.9 Å². The highest BCUT2D eigenvalue weighted by Crippen LogP contribution is 2.17. The van der Waals surface area contributed by atoms with Crippen LogP contribution in [0.25, 0.3) is 10.9 Å². The fourth-order valence-electron chi connectivity index (χ4n) is 2.92. The van der Waals surface area contributed by atoms with Crippen molar-refractivity contribution in [1.29, 1.82) is 0 Å². The molecule has 1 heterocycles. The largest absolute Gasteiger partial charge is 0.494 e. The maximum atomic E-state index is 12.4. The van der Waals surface area contributed by atoms with Gasteiger partial charge in [-0.3, -0.25) is 0 Å². The standard InChI is InChI=1S/C21H26N2O3S/c1-2-3-17-26-19-9-11-20(12-10-19)27(24,25)22-14-6-15-23-16-13-18-7-4-5-8-21(18)23/h4-5,7-13,16,22H,2-3,6,14-15,17H2,1H3. The van der Waals surface area contributed by atoms with E-state index in [1.807, 2.05) is 18.3 Å². The number of benzene rings is 2. The van der Waals surface area contributed by atoms with Gasteiger partial charge in [0.05, 0.1) is 11.5 Å². The van der Waals surface area contributed by atoms with Crippen LogP contribution < -0.4 is 9.46 Å². The van der Waals surface area contributed by atoms with E-state index >= 15 is 0 Å². The van der Waals surface area contributed by atoms with E-state index < -0.39 is 10.0 Å². The number of unbranched alkanes of at least 4 members (excludes halogenated alkanes) is 1. The normalized spacial score (nSPS) is 11.7. The molecular weight excluding hydrogens is 360 g/mol. The lowest BCUT2D eigenvalue weighted by Gasteiger charge is -2.09. The van der Waals surface area contributed by atoms with Crippen molar-refractivity contribution in [2.45, 2.75) is 37.6 Å². The van der Waals surface area contributed by atoms with Crippen LogP contribution in [-0.2, 0) is 16.6 Å². The van der Waals surface area contributed by atoms with E-state index in [9.17, 15) is 8.42 Å². The molecule has 144 valence electrons. The molecule has 0 spiro atoms. The summed E-state index contributed by atoms with van der Waals surface area (Å²) in [5, 5.41) is 1.19. The molecule has 3 aromatic rings. The number of hydrogen-bond donors (Lipinski definition) is 1. The summed E-state index contributed by atoms with van der Waals surface area (Å²) in [6, 6.07) is 16.8. The average Bonchev–Trinajstić information content (AvgIpc) is 3.09. The molecule has 0 radical (unpaired) electrons. The Bertz CT molecular complexity index is 963. The van der Waals surface area contributed by atoms with Gasteiger partial charge >= 0.3 is 0 Å². The van der Waals surface area contributed by atoms with Crippen LogP contribution in [0, 0.1) is 0 Å². The SMILES string of the molecule is CCCCOc1ccc(S(=O)(=O)NCCCn2ccc3ccccc32)cc1. The van der Waals surface area contributed by atoms with E-state index in [0.717, 1.165) is 25.8 Å². The van der Waals surface area contributed by atoms with Gasteiger partial charge in [-0.15, -0.1) is 0 Å². The maximum absolute atomic E-state index is 12.4. The van der Waals surface area contributed by atoms with Crippen LogP contribution in [0.1, 0.15) is 26.2 Å². The van der Waals surface area contributed by atoms with Gasteiger partial charge in [-0.2, -0.15) is 0 Å². The van der Waals surface area contributed by atoms with Crippen molar-refractivity contribution < 1.29 is 13.2 Å². The number of hydrogen-bond acceptors (Lipinski definition) is 3. The fourth-order valence-corrected chi connectivity index (χ4v) is 4.00. The Kier molecular flexibility index (Phi) is 6.53. The Morgan fingerprint density at radius 1 is 1.00 bits per heavy atom. The molecule has 5 nitrogen and oxygen atoms in total. The number of nitrogens with zero attached hydrogens (tertiary/aromatic N) is 1. The molecule has 3 rings (SSSR count). The number of ether oxygens (including phenoxy) is 1. The Hall–Kier alpha value is -2.31. The zero-order valence-electron chi connectivity index (χ0n) is 15.6. The first-order valence-electron chi connectivity index (χ1n) is 9.36. The molecule has 27 heavy (non-hydrogen) atoms. The van der Waals surface area contributed by atoms with Gasteiger partial charge in [0.25, 0.3) is 0 Å². The molecule has 0 aliphatic carbocycles. The van der Waals surface area contributed by atoms with Crippen molar-refractivity contribution in [2.75, 3.05) is 13.2 Å². The first-order valence-corrected chi connectivity index (χ1v) is 10.8. The van der Waals surface area contributed by atoms with Crippen LogP contribution in [-0.4, -0.2) is 26.1 Å². The van der Waals surface area contributed by atoms with E-state index in [4.69, 9.17) is 4.74 Å². The summed E-state index contributed by atoms with van der Waals surface area (Å²) in [6.45, 7) is 3.90. The molecule has 2 aromatic carbocycles. The molecule has 0 saturated carbocycles. The lowest BCUT2D eigenvalue weighted by molar-refractivity contribution is 0.309. The molecule has 0 aliphatic rings. The van der Waals surface area contributed by atoms with Crippen LogP contribution in [0.2, 0.25) is 0 Å². The third-order valence-electron chi connectivity index (χ3n) is 4.45. The van der Waals surface area contributed by atoms with E-state index in [0.29, 0.717) is 18.9 Å². The number of nitrogens with one attached hydrogen (secondary N) is 1. The summed E-state index contributed by atoms with van der Waals surface area (Å²) >= 11 is 0. The monoisotopic (exact) mass is 386 g/mol. The van der Waals surface area contributed by atoms with Crippen LogP contribution in [0.4, 0.5) is 0 Å². The molecule has 0 saturated heterocycles. The highest BCUT2D eigenvalue weighted by atomic mass is 32.2. The van der Waals surface area contributed by atoms with E-state index in [1.165, 1.54) is 10.9 Å². The zero-order valence-corrected chi connectivity index (χ0v) is 16.4. The third-order valence-corrected chi connectivity index (χ3v) is 5.93. The average molecular weight is 387 g/mol. The lowest BCUT2D eigenvalue weighted by Crippen LogP contribution is -2.25. The van der Waals surface area contributed by atoms with E-state index in [-0.39, 0.29) is 4.90 Å². The highest BCUT2D eigenvalue weighted by Gasteiger charge is 2.13. The molecule has 0 bridgehead atoms. The third kappa shape index (κ3) is 5.11. The minimum atomic E-state index is -3.50. The quantitative estimate of drug-likeness (QED) is 0.532. The number of aromatic nitrogens is 1. The predicted molar refractivity (Wildman–Crippen MR) is 109 cm³/mol. The van der Waals surface area contributed by atoms with Crippen LogP contribution in [0.3, 0.4) is 0 Å². The Morgan fingerprint density at radius 2 is 1.78 bits per heavy atom. The summed E-state index contributed by atoms with van der Waals surface area (Å²) in [7, 11) is -3.50. The van der Waals surface area contributed by atoms with Crippen molar-refractivity contribution in [1.82, 2.24) is 9.29 Å². The van der Waals surface area contributed by atoms with Crippen molar-refractivity contribution in [3.8, 4) is 5.75 Å². The van der Waals surface area contributed by atoms with Gasteiger partial charge in [-0.05, 0) is 54.6 Å². The van der Waals surface area contributed by atoms with Gasteiger partial charge in [-0.1, -0.05) is 31.5 Å². The maximum Gasteiger partial charge on any atom is 0.240 e. The van der Waals surface area contributed by atoms with Crippen molar-refractivity contribution in [3.63, 3.8) is 0 Å². The van der Waals surface area contributed by atoms with Crippen LogP contribution >= 0.6 is 0 Å². The summed E-state index contributed by atoms with van der Waals surface area (Å²) in [6.07, 6.45) is 4.81. The van der Waals surface area contributed by atoms with Gasteiger partial charge in [0.15, 0.2) is 0 Å². The second kappa shape index (κ2) is 9.06. The fraction of sp³-hybridized carbons (Fsp3) is 0.333. The summed E-state index contributed by atoms with van der Waals surface area (Å²) in [5.41, 5.74) is 1.17. The number of rotatable bonds is 10. The number of para-hydroxylation sites is 1. The molecule has 0 atom stereocenters. The second-order valence-electron chi connectivity index (χ2n) is 6.49. The molecular formula is C21H26N2O3S. The van der Waals surface area contributed by atoms with E-state index in [1.54, 1.807) is 24.3 Å². The first kappa shape index (κ1) is 19.5. The van der Waals surface area contributed by atoms with Crippen LogP contribution in [0.5, 0.6) is 5.75 Å². The minimum absolute atomic E-state index is 0.261. The van der Waals surface area contributed by atoms with Gasteiger partial charge in [0.2, 0.25) is 10.0 Å². The molecule has 1 aromatic heterocycles. The molecule has 0 unspecified atom stereocenters. The lowest BCUT2D eigenvalue weighted by atomic mass is 10.2. The first-order chi connectivity index (χ1) is 13.1. The zero-order chi connectivity index (χ0) is 19.1. The second-order valence-corrected chi connectivity index (χ2v) is 8.26. The van der Waals surface area contributed by atoms with Gasteiger partial charge < -0.3 is 9.30 Å². The highest BCUT2D eigenvalue weighted by molar-refractivity contribution is 7.89. The Morgan fingerprint density at radius 3 is 2.56 bits per heavy atom. The number of fused-ring (bicyclic) bond motifs is 1. The Balaban J connectivity index is 1.51.